The SMILES string of the molecule is Cc1ccc(NC(=O)COC(=O)c2c(NC(=O)C(C)(C)C)sc(C)c2C)cc1S(N)(=O)=O. The van der Waals surface area contributed by atoms with Gasteiger partial charge >= 0.3 is 5.97 Å². The Kier molecular flexibility index (Phi) is 7.48. The Morgan fingerprint density at radius 3 is 2.28 bits per heavy atom. The van der Waals surface area contributed by atoms with Crippen LogP contribution in [0.1, 0.15) is 47.1 Å². The van der Waals surface area contributed by atoms with Gasteiger partial charge in [0.1, 0.15) is 5.00 Å². The number of carbonyl (C=O) groups excluding carboxylic acids is 3. The molecule has 2 amide bonds. The van der Waals surface area contributed by atoms with Crippen LogP contribution in [0, 0.1) is 26.2 Å². The molecule has 9 nitrogen and oxygen atoms in total. The first-order valence-electron chi connectivity index (χ1n) is 9.63. The molecule has 1 heterocycles. The van der Waals surface area contributed by atoms with Crippen LogP contribution >= 0.6 is 11.3 Å². The van der Waals surface area contributed by atoms with Crippen LogP contribution in [-0.2, 0) is 24.3 Å². The Bertz CT molecular complexity index is 1180. The zero-order chi connectivity index (χ0) is 24.4. The highest BCUT2D eigenvalue weighted by Gasteiger charge is 2.27. The second-order valence-corrected chi connectivity index (χ2v) is 11.1. The van der Waals surface area contributed by atoms with Crippen molar-refractivity contribution in [3.8, 4) is 0 Å². The van der Waals surface area contributed by atoms with Crippen molar-refractivity contribution < 1.29 is 27.5 Å². The second kappa shape index (κ2) is 9.39. The molecule has 2 aromatic rings. The molecule has 0 fully saturated rings. The molecule has 0 aliphatic rings. The molecule has 4 N–H and O–H groups in total. The number of benzene rings is 1. The number of nitrogens with two attached hydrogens (primary N) is 1. The van der Waals surface area contributed by atoms with Crippen molar-refractivity contribution in [2.75, 3.05) is 17.2 Å². The van der Waals surface area contributed by atoms with Crippen molar-refractivity contribution in [3.05, 3.63) is 39.8 Å². The molecule has 0 radical (unpaired) electrons. The highest BCUT2D eigenvalue weighted by Crippen LogP contribution is 2.34. The van der Waals surface area contributed by atoms with Gasteiger partial charge in [0.15, 0.2) is 6.61 Å². The van der Waals surface area contributed by atoms with Crippen molar-refractivity contribution in [2.45, 2.75) is 46.4 Å². The summed E-state index contributed by atoms with van der Waals surface area (Å²) >= 11 is 1.25. The van der Waals surface area contributed by atoms with E-state index in [2.05, 4.69) is 10.6 Å². The van der Waals surface area contributed by atoms with E-state index >= 15 is 0 Å². The molecule has 0 bridgehead atoms. The zero-order valence-corrected chi connectivity index (χ0v) is 20.4. The maximum atomic E-state index is 12.7. The summed E-state index contributed by atoms with van der Waals surface area (Å²) in [6.45, 7) is 9.79. The highest BCUT2D eigenvalue weighted by molar-refractivity contribution is 7.89. The predicted molar refractivity (Wildman–Crippen MR) is 123 cm³/mol. The van der Waals surface area contributed by atoms with Gasteiger partial charge in [0.05, 0.1) is 10.5 Å². The fourth-order valence-corrected chi connectivity index (χ4v) is 4.49. The molecule has 174 valence electrons. The second-order valence-electron chi connectivity index (χ2n) is 8.34. The van der Waals surface area contributed by atoms with Gasteiger partial charge in [0.25, 0.3) is 5.91 Å². The minimum absolute atomic E-state index is 0.115. The third-order valence-corrected chi connectivity index (χ3v) is 6.79. The first kappa shape index (κ1) is 25.5. The summed E-state index contributed by atoms with van der Waals surface area (Å²) in [6, 6.07) is 4.25. The summed E-state index contributed by atoms with van der Waals surface area (Å²) in [5, 5.41) is 10.8. The van der Waals surface area contributed by atoms with Crippen LogP contribution in [0.3, 0.4) is 0 Å². The number of primary sulfonamides is 1. The number of carbonyl (C=O) groups is 3. The summed E-state index contributed by atoms with van der Waals surface area (Å²) in [5.74, 6) is -1.66. The Morgan fingerprint density at radius 2 is 1.72 bits per heavy atom. The van der Waals surface area contributed by atoms with Crippen LogP contribution < -0.4 is 15.8 Å². The van der Waals surface area contributed by atoms with Crippen molar-refractivity contribution >= 4 is 49.8 Å². The van der Waals surface area contributed by atoms with Crippen molar-refractivity contribution in [1.29, 1.82) is 0 Å². The van der Waals surface area contributed by atoms with Crippen LogP contribution in [0.5, 0.6) is 0 Å². The molecule has 32 heavy (non-hydrogen) atoms. The minimum Gasteiger partial charge on any atom is -0.452 e. The van der Waals surface area contributed by atoms with Gasteiger partial charge in [-0.05, 0) is 44.0 Å². The van der Waals surface area contributed by atoms with E-state index in [1.807, 2.05) is 6.92 Å². The quantitative estimate of drug-likeness (QED) is 0.541. The van der Waals surface area contributed by atoms with Gasteiger partial charge in [-0.15, -0.1) is 11.3 Å². The van der Waals surface area contributed by atoms with Crippen molar-refractivity contribution in [2.24, 2.45) is 10.6 Å². The number of amides is 2. The molecule has 1 aromatic carbocycles. The molecule has 0 saturated carbocycles. The first-order valence-corrected chi connectivity index (χ1v) is 12.0. The fourth-order valence-electron chi connectivity index (χ4n) is 2.64. The Morgan fingerprint density at radius 1 is 1.09 bits per heavy atom. The van der Waals surface area contributed by atoms with Gasteiger partial charge < -0.3 is 15.4 Å². The third-order valence-electron chi connectivity index (χ3n) is 4.61. The van der Waals surface area contributed by atoms with E-state index in [4.69, 9.17) is 9.88 Å². The van der Waals surface area contributed by atoms with Gasteiger partial charge in [-0.3, -0.25) is 9.59 Å². The van der Waals surface area contributed by atoms with Crippen LogP contribution in [-0.4, -0.2) is 32.8 Å². The number of nitrogens with one attached hydrogen (secondary N) is 2. The number of sulfonamides is 1. The van der Waals surface area contributed by atoms with Gasteiger partial charge in [-0.25, -0.2) is 18.4 Å². The zero-order valence-electron chi connectivity index (χ0n) is 18.8. The molecule has 0 aliphatic carbocycles. The Balaban J connectivity index is 2.12. The standard InChI is InChI=1S/C21H27N3O6S2/c1-11-7-8-14(9-15(11)32(22,28)29)23-16(25)10-30-19(26)17-12(2)13(3)31-18(17)24-20(27)21(4,5)6/h7-9H,10H2,1-6H3,(H,23,25)(H,24,27)(H2,22,28,29). The van der Waals surface area contributed by atoms with Crippen LogP contribution in [0.25, 0.3) is 0 Å². The molecule has 11 heteroatoms. The highest BCUT2D eigenvalue weighted by atomic mass is 32.2. The van der Waals surface area contributed by atoms with Crippen molar-refractivity contribution in [1.82, 2.24) is 0 Å². The number of anilines is 2. The first-order chi connectivity index (χ1) is 14.6. The van der Waals surface area contributed by atoms with Crippen LogP contribution in [0.2, 0.25) is 0 Å². The van der Waals surface area contributed by atoms with Gasteiger partial charge in [0, 0.05) is 16.0 Å². The van der Waals surface area contributed by atoms with Crippen LogP contribution in [0.4, 0.5) is 10.7 Å². The van der Waals surface area contributed by atoms with Crippen molar-refractivity contribution in [3.63, 3.8) is 0 Å². The summed E-state index contributed by atoms with van der Waals surface area (Å²) in [4.78, 5) is 38.0. The lowest BCUT2D eigenvalue weighted by Gasteiger charge is -2.17. The van der Waals surface area contributed by atoms with Gasteiger partial charge in [0.2, 0.25) is 15.9 Å². The largest absolute Gasteiger partial charge is 0.452 e. The Hall–Kier alpha value is -2.76. The lowest BCUT2D eigenvalue weighted by molar-refractivity contribution is -0.123. The van der Waals surface area contributed by atoms with E-state index in [1.165, 1.54) is 29.5 Å². The molecule has 0 unspecified atom stereocenters. The minimum atomic E-state index is -3.95. The van der Waals surface area contributed by atoms with E-state index in [9.17, 15) is 22.8 Å². The molecular weight excluding hydrogens is 454 g/mol. The number of hydrogen-bond acceptors (Lipinski definition) is 7. The topological polar surface area (TPSA) is 145 Å². The predicted octanol–water partition coefficient (Wildman–Crippen LogP) is 3.10. The van der Waals surface area contributed by atoms with E-state index in [1.54, 1.807) is 34.6 Å². The number of hydrogen-bond donors (Lipinski definition) is 3. The number of rotatable bonds is 6. The maximum absolute atomic E-state index is 12.7. The average Bonchev–Trinajstić information content (AvgIpc) is 2.93. The summed E-state index contributed by atoms with van der Waals surface area (Å²) in [6.07, 6.45) is 0. The molecule has 2 rings (SSSR count). The monoisotopic (exact) mass is 481 g/mol. The number of thiophene rings is 1. The number of esters is 1. The van der Waals surface area contributed by atoms with E-state index < -0.39 is 33.9 Å². The van der Waals surface area contributed by atoms with Crippen LogP contribution in [0.15, 0.2) is 23.1 Å². The van der Waals surface area contributed by atoms with E-state index in [-0.39, 0.29) is 22.1 Å². The van der Waals surface area contributed by atoms with Gasteiger partial charge in [-0.2, -0.15) is 0 Å². The third kappa shape index (κ3) is 6.15. The lowest BCUT2D eigenvalue weighted by Crippen LogP contribution is -2.28. The number of aryl methyl sites for hydroxylation is 2. The average molecular weight is 482 g/mol. The smallest absolute Gasteiger partial charge is 0.341 e. The molecule has 0 aliphatic heterocycles. The fraction of sp³-hybridized carbons (Fsp3) is 0.381. The molecule has 1 aromatic heterocycles. The van der Waals surface area contributed by atoms with Gasteiger partial charge in [-0.1, -0.05) is 26.8 Å². The van der Waals surface area contributed by atoms with E-state index in [0.717, 1.165) is 4.88 Å². The lowest BCUT2D eigenvalue weighted by atomic mass is 9.96. The molecular formula is C21H27N3O6S2. The van der Waals surface area contributed by atoms with E-state index in [0.29, 0.717) is 16.1 Å². The molecule has 0 saturated heterocycles. The summed E-state index contributed by atoms with van der Waals surface area (Å²) in [7, 11) is -3.95. The molecule has 0 atom stereocenters. The summed E-state index contributed by atoms with van der Waals surface area (Å²) in [5.41, 5.74) is 0.827. The molecule has 0 spiro atoms. The number of ether oxygens (including phenoxy) is 1. The Labute approximate surface area is 191 Å². The normalized spacial score (nSPS) is 11.7. The summed E-state index contributed by atoms with van der Waals surface area (Å²) < 4.78 is 28.4. The maximum Gasteiger partial charge on any atom is 0.341 e.